The van der Waals surface area contributed by atoms with Crippen LogP contribution in [0, 0.1) is 0 Å². The average molecular weight is 277 g/mol. The Balaban J connectivity index is 1.85. The molecule has 0 spiro atoms. The smallest absolute Gasteiger partial charge is 0.119 e. The van der Waals surface area contributed by atoms with Crippen LogP contribution < -0.4 is 10.5 Å². The minimum atomic E-state index is 0.00374. The second-order valence-electron chi connectivity index (χ2n) is 6.37. The summed E-state index contributed by atoms with van der Waals surface area (Å²) in [4.78, 5) is 0. The van der Waals surface area contributed by atoms with E-state index in [9.17, 15) is 0 Å². The lowest BCUT2D eigenvalue weighted by molar-refractivity contribution is -0.0326. The first-order valence-corrected chi connectivity index (χ1v) is 7.63. The van der Waals surface area contributed by atoms with E-state index >= 15 is 0 Å². The first-order chi connectivity index (χ1) is 9.48. The molecule has 2 rings (SSSR count). The molecule has 2 atom stereocenters. The zero-order valence-corrected chi connectivity index (χ0v) is 12.9. The van der Waals surface area contributed by atoms with Crippen LogP contribution in [0.2, 0.25) is 0 Å². The fourth-order valence-corrected chi connectivity index (χ4v) is 2.59. The van der Waals surface area contributed by atoms with Crippen molar-refractivity contribution in [3.8, 4) is 5.75 Å². The molecule has 2 unspecified atom stereocenters. The summed E-state index contributed by atoms with van der Waals surface area (Å²) in [5.74, 6) is 0.916. The van der Waals surface area contributed by atoms with Gasteiger partial charge in [0.05, 0.1) is 11.7 Å². The number of hydrogen-bond donors (Lipinski definition) is 1. The fourth-order valence-electron chi connectivity index (χ4n) is 2.59. The molecule has 0 aromatic heterocycles. The maximum Gasteiger partial charge on any atom is 0.119 e. The highest BCUT2D eigenvalue weighted by molar-refractivity contribution is 5.29. The van der Waals surface area contributed by atoms with E-state index < -0.39 is 0 Å². The zero-order chi connectivity index (χ0) is 14.6. The minimum absolute atomic E-state index is 0.00374. The number of benzene rings is 1. The summed E-state index contributed by atoms with van der Waals surface area (Å²) < 4.78 is 11.8. The van der Waals surface area contributed by atoms with E-state index in [-0.39, 0.29) is 17.7 Å². The maximum atomic E-state index is 6.00. The SMILES string of the molecule is CCC(N)Cc1cccc(OCC2CCC(C)(C)O2)c1. The van der Waals surface area contributed by atoms with E-state index in [4.69, 9.17) is 15.2 Å². The largest absolute Gasteiger partial charge is 0.491 e. The van der Waals surface area contributed by atoms with Crippen molar-refractivity contribution in [2.24, 2.45) is 5.73 Å². The summed E-state index contributed by atoms with van der Waals surface area (Å²) in [5.41, 5.74) is 7.24. The third-order valence-corrected chi connectivity index (χ3v) is 3.91. The summed E-state index contributed by atoms with van der Waals surface area (Å²) in [7, 11) is 0. The van der Waals surface area contributed by atoms with Crippen molar-refractivity contribution in [3.05, 3.63) is 29.8 Å². The summed E-state index contributed by atoms with van der Waals surface area (Å²) in [6.45, 7) is 7.02. The highest BCUT2D eigenvalue weighted by atomic mass is 16.6. The van der Waals surface area contributed by atoms with Crippen LogP contribution in [0.15, 0.2) is 24.3 Å². The lowest BCUT2D eigenvalue weighted by atomic mass is 10.0. The Morgan fingerprint density at radius 2 is 2.25 bits per heavy atom. The van der Waals surface area contributed by atoms with Gasteiger partial charge in [-0.15, -0.1) is 0 Å². The van der Waals surface area contributed by atoms with E-state index in [1.54, 1.807) is 0 Å². The van der Waals surface area contributed by atoms with Gasteiger partial charge in [-0.1, -0.05) is 19.1 Å². The summed E-state index contributed by atoms with van der Waals surface area (Å²) in [5, 5.41) is 0. The van der Waals surface area contributed by atoms with Gasteiger partial charge in [0.1, 0.15) is 12.4 Å². The van der Waals surface area contributed by atoms with Crippen LogP contribution in [0.4, 0.5) is 0 Å². The predicted octanol–water partition coefficient (Wildman–Crippen LogP) is 3.30. The van der Waals surface area contributed by atoms with E-state index in [1.807, 2.05) is 12.1 Å². The van der Waals surface area contributed by atoms with E-state index in [2.05, 4.69) is 32.9 Å². The van der Waals surface area contributed by atoms with Crippen molar-refractivity contribution >= 4 is 0 Å². The highest BCUT2D eigenvalue weighted by Gasteiger charge is 2.31. The summed E-state index contributed by atoms with van der Waals surface area (Å²) >= 11 is 0. The molecule has 1 aliphatic heterocycles. The molecule has 0 amide bonds. The Hall–Kier alpha value is -1.06. The third-order valence-electron chi connectivity index (χ3n) is 3.91. The number of nitrogens with two attached hydrogens (primary N) is 1. The molecule has 112 valence electrons. The zero-order valence-electron chi connectivity index (χ0n) is 12.9. The third kappa shape index (κ3) is 4.50. The van der Waals surface area contributed by atoms with Crippen LogP contribution in [0.1, 0.15) is 45.6 Å². The van der Waals surface area contributed by atoms with Crippen molar-refractivity contribution < 1.29 is 9.47 Å². The molecule has 0 radical (unpaired) electrons. The van der Waals surface area contributed by atoms with Gasteiger partial charge in [0.25, 0.3) is 0 Å². The Labute approximate surface area is 122 Å². The molecule has 0 saturated carbocycles. The second kappa shape index (κ2) is 6.59. The van der Waals surface area contributed by atoms with Gasteiger partial charge >= 0.3 is 0 Å². The molecule has 1 saturated heterocycles. The van der Waals surface area contributed by atoms with E-state index in [1.165, 1.54) is 5.56 Å². The van der Waals surface area contributed by atoms with Crippen LogP contribution >= 0.6 is 0 Å². The first kappa shape index (κ1) is 15.3. The molecule has 1 heterocycles. The first-order valence-electron chi connectivity index (χ1n) is 7.63. The molecule has 1 aromatic carbocycles. The monoisotopic (exact) mass is 277 g/mol. The Kier molecular flexibility index (Phi) is 5.06. The van der Waals surface area contributed by atoms with Crippen LogP contribution in [-0.2, 0) is 11.2 Å². The van der Waals surface area contributed by atoms with Gasteiger partial charge in [0, 0.05) is 6.04 Å². The number of ether oxygens (including phenoxy) is 2. The lowest BCUT2D eigenvalue weighted by Gasteiger charge is -2.19. The fraction of sp³-hybridized carbons (Fsp3) is 0.647. The predicted molar refractivity (Wildman–Crippen MR) is 82.1 cm³/mol. The summed E-state index contributed by atoms with van der Waals surface area (Å²) in [6, 6.07) is 8.46. The minimum Gasteiger partial charge on any atom is -0.491 e. The standard InChI is InChI=1S/C17H27NO2/c1-4-14(18)10-13-6-5-7-15(11-13)19-12-16-8-9-17(2,3)20-16/h5-7,11,14,16H,4,8-10,12,18H2,1-3H3. The molecule has 2 N–H and O–H groups in total. The van der Waals surface area contributed by atoms with Crippen LogP contribution in [0.3, 0.4) is 0 Å². The van der Waals surface area contributed by atoms with Gasteiger partial charge in [0.2, 0.25) is 0 Å². The van der Waals surface area contributed by atoms with Crippen molar-refractivity contribution in [2.45, 2.75) is 64.2 Å². The van der Waals surface area contributed by atoms with Crippen LogP contribution in [-0.4, -0.2) is 24.4 Å². The van der Waals surface area contributed by atoms with Gasteiger partial charge in [-0.25, -0.2) is 0 Å². The number of rotatable bonds is 6. The average Bonchev–Trinajstić information content (AvgIpc) is 2.76. The van der Waals surface area contributed by atoms with Gasteiger partial charge in [0.15, 0.2) is 0 Å². The molecule has 0 bridgehead atoms. The normalized spacial score (nSPS) is 22.7. The van der Waals surface area contributed by atoms with Gasteiger partial charge in [-0.2, -0.15) is 0 Å². The number of hydrogen-bond acceptors (Lipinski definition) is 3. The molecule has 3 heteroatoms. The molecular weight excluding hydrogens is 250 g/mol. The molecule has 3 nitrogen and oxygen atoms in total. The molecule has 1 aliphatic rings. The van der Waals surface area contributed by atoms with Gasteiger partial charge in [-0.05, 0) is 57.2 Å². The van der Waals surface area contributed by atoms with Crippen LogP contribution in [0.25, 0.3) is 0 Å². The van der Waals surface area contributed by atoms with Gasteiger partial charge in [-0.3, -0.25) is 0 Å². The quantitative estimate of drug-likeness (QED) is 0.867. The molecular formula is C17H27NO2. The van der Waals surface area contributed by atoms with Gasteiger partial charge < -0.3 is 15.2 Å². The Bertz CT molecular complexity index is 431. The Morgan fingerprint density at radius 1 is 1.45 bits per heavy atom. The maximum absolute atomic E-state index is 6.00. The highest BCUT2D eigenvalue weighted by Crippen LogP contribution is 2.29. The molecule has 1 aromatic rings. The van der Waals surface area contributed by atoms with E-state index in [0.717, 1.165) is 31.4 Å². The lowest BCUT2D eigenvalue weighted by Crippen LogP contribution is -2.24. The van der Waals surface area contributed by atoms with Crippen LogP contribution in [0.5, 0.6) is 5.75 Å². The van der Waals surface area contributed by atoms with E-state index in [0.29, 0.717) is 6.61 Å². The van der Waals surface area contributed by atoms with Crippen molar-refractivity contribution in [2.75, 3.05) is 6.61 Å². The molecule has 20 heavy (non-hydrogen) atoms. The van der Waals surface area contributed by atoms with Crippen molar-refractivity contribution in [1.29, 1.82) is 0 Å². The van der Waals surface area contributed by atoms with Crippen molar-refractivity contribution in [1.82, 2.24) is 0 Å². The molecule has 0 aliphatic carbocycles. The topological polar surface area (TPSA) is 44.5 Å². The Morgan fingerprint density at radius 3 is 2.90 bits per heavy atom. The van der Waals surface area contributed by atoms with Crippen molar-refractivity contribution in [3.63, 3.8) is 0 Å². The molecule has 1 fully saturated rings. The summed E-state index contributed by atoms with van der Waals surface area (Å²) in [6.07, 6.45) is 4.29. The second-order valence-corrected chi connectivity index (χ2v) is 6.37.